The summed E-state index contributed by atoms with van der Waals surface area (Å²) in [6.45, 7) is 0.241. The van der Waals surface area contributed by atoms with Crippen LogP contribution >= 0.6 is 0 Å². The lowest BCUT2D eigenvalue weighted by molar-refractivity contribution is 0.0952. The molecule has 0 aromatic rings. The maximum atomic E-state index is 9.41. The maximum absolute atomic E-state index is 9.41. The van der Waals surface area contributed by atoms with Crippen molar-refractivity contribution in [2.45, 2.75) is 25.4 Å². The Morgan fingerprint density at radius 3 is 2.60 bits per heavy atom. The first kappa shape index (κ1) is 6.62. The summed E-state index contributed by atoms with van der Waals surface area (Å²) < 4.78 is 0. The third-order valence-electron chi connectivity index (χ3n) is 3.03. The first-order valence-electron chi connectivity index (χ1n) is 4.12. The average Bonchev–Trinajstić information content (AvgIpc) is 2.57. The van der Waals surface area contributed by atoms with Crippen LogP contribution in [0, 0.1) is 17.8 Å². The summed E-state index contributed by atoms with van der Waals surface area (Å²) in [5.41, 5.74) is 0. The number of fused-ring (bicyclic) bond motifs is 1. The van der Waals surface area contributed by atoms with Crippen LogP contribution in [0.4, 0.5) is 0 Å². The highest BCUT2D eigenvalue weighted by Crippen LogP contribution is 2.56. The van der Waals surface area contributed by atoms with Crippen molar-refractivity contribution in [1.29, 1.82) is 0 Å². The molecule has 0 unspecified atom stereocenters. The predicted octanol–water partition coefficient (Wildman–Crippen LogP) is 0.386. The Morgan fingerprint density at radius 2 is 2.10 bits per heavy atom. The van der Waals surface area contributed by atoms with Crippen LogP contribution in [0.2, 0.25) is 0 Å². The van der Waals surface area contributed by atoms with Gasteiger partial charge in [0.25, 0.3) is 0 Å². The molecule has 0 aliphatic heterocycles. The van der Waals surface area contributed by atoms with Crippen LogP contribution in [-0.2, 0) is 0 Å². The molecule has 0 bridgehead atoms. The van der Waals surface area contributed by atoms with Gasteiger partial charge in [-0.15, -0.1) is 0 Å². The van der Waals surface area contributed by atoms with Gasteiger partial charge in [0.1, 0.15) is 0 Å². The smallest absolute Gasteiger partial charge is 0.0574 e. The van der Waals surface area contributed by atoms with E-state index in [1.165, 1.54) is 6.42 Å². The first-order chi connectivity index (χ1) is 4.83. The van der Waals surface area contributed by atoms with E-state index < -0.39 is 0 Å². The number of aliphatic hydroxyl groups excluding tert-OH is 2. The van der Waals surface area contributed by atoms with E-state index in [9.17, 15) is 5.11 Å². The lowest BCUT2D eigenvalue weighted by Crippen LogP contribution is -2.18. The van der Waals surface area contributed by atoms with Gasteiger partial charge in [-0.1, -0.05) is 0 Å². The minimum atomic E-state index is -0.101. The van der Waals surface area contributed by atoms with E-state index in [0.29, 0.717) is 5.92 Å². The molecule has 2 nitrogen and oxygen atoms in total. The van der Waals surface area contributed by atoms with Gasteiger partial charge in [-0.3, -0.25) is 0 Å². The summed E-state index contributed by atoms with van der Waals surface area (Å²) in [4.78, 5) is 0. The van der Waals surface area contributed by atoms with E-state index in [-0.39, 0.29) is 12.7 Å². The van der Waals surface area contributed by atoms with E-state index in [2.05, 4.69) is 0 Å². The highest BCUT2D eigenvalue weighted by Gasteiger charge is 2.52. The normalized spacial score (nSPS) is 51.0. The molecule has 2 rings (SSSR count). The van der Waals surface area contributed by atoms with E-state index in [4.69, 9.17) is 5.11 Å². The van der Waals surface area contributed by atoms with Gasteiger partial charge in [-0.05, 0) is 37.0 Å². The Labute approximate surface area is 60.9 Å². The van der Waals surface area contributed by atoms with Gasteiger partial charge >= 0.3 is 0 Å². The van der Waals surface area contributed by atoms with Crippen molar-refractivity contribution in [2.24, 2.45) is 17.8 Å². The SMILES string of the molecule is OCC[C@H]1[C@H]2C[C@H]2C[C@H]1O. The average molecular weight is 142 g/mol. The molecule has 2 heteroatoms. The molecular weight excluding hydrogens is 128 g/mol. The standard InChI is InChI=1S/C8H14O2/c9-2-1-6-7-3-5(7)4-8(6)10/h5-10H,1-4H2/t5-,6-,7-,8+/m0/s1. The predicted molar refractivity (Wildman–Crippen MR) is 37.4 cm³/mol. The molecule has 4 atom stereocenters. The Balaban J connectivity index is 1.92. The summed E-state index contributed by atoms with van der Waals surface area (Å²) in [6.07, 6.45) is 3.01. The van der Waals surface area contributed by atoms with Crippen LogP contribution in [0.15, 0.2) is 0 Å². The van der Waals surface area contributed by atoms with Crippen molar-refractivity contribution in [1.82, 2.24) is 0 Å². The van der Waals surface area contributed by atoms with E-state index in [0.717, 1.165) is 24.7 Å². The van der Waals surface area contributed by atoms with E-state index in [1.54, 1.807) is 0 Å². The van der Waals surface area contributed by atoms with Crippen LogP contribution in [0.25, 0.3) is 0 Å². The lowest BCUT2D eigenvalue weighted by Gasteiger charge is -2.15. The zero-order valence-corrected chi connectivity index (χ0v) is 6.03. The molecule has 58 valence electrons. The summed E-state index contributed by atoms with van der Waals surface area (Å²) >= 11 is 0. The van der Waals surface area contributed by atoms with Crippen LogP contribution in [0.5, 0.6) is 0 Å². The fourth-order valence-corrected chi connectivity index (χ4v) is 2.39. The Morgan fingerprint density at radius 1 is 1.30 bits per heavy atom. The van der Waals surface area contributed by atoms with Gasteiger partial charge in [0, 0.05) is 6.61 Å². The zero-order chi connectivity index (χ0) is 7.14. The molecule has 0 saturated heterocycles. The fourth-order valence-electron chi connectivity index (χ4n) is 2.39. The van der Waals surface area contributed by atoms with Crippen molar-refractivity contribution in [3.05, 3.63) is 0 Å². The summed E-state index contributed by atoms with van der Waals surface area (Å²) in [6, 6.07) is 0. The van der Waals surface area contributed by atoms with Crippen LogP contribution < -0.4 is 0 Å². The summed E-state index contributed by atoms with van der Waals surface area (Å²) in [5.74, 6) is 2.00. The third-order valence-corrected chi connectivity index (χ3v) is 3.03. The number of hydrogen-bond donors (Lipinski definition) is 2. The molecule has 0 spiro atoms. The van der Waals surface area contributed by atoms with Crippen molar-refractivity contribution in [2.75, 3.05) is 6.61 Å². The van der Waals surface area contributed by atoms with Crippen LogP contribution in [-0.4, -0.2) is 22.9 Å². The molecule has 2 saturated carbocycles. The zero-order valence-electron chi connectivity index (χ0n) is 6.03. The largest absolute Gasteiger partial charge is 0.396 e. The molecule has 10 heavy (non-hydrogen) atoms. The monoisotopic (exact) mass is 142 g/mol. The van der Waals surface area contributed by atoms with Crippen molar-refractivity contribution >= 4 is 0 Å². The molecule has 2 N–H and O–H groups in total. The number of aliphatic hydroxyl groups is 2. The molecule has 2 aliphatic carbocycles. The van der Waals surface area contributed by atoms with Gasteiger partial charge < -0.3 is 10.2 Å². The molecule has 0 radical (unpaired) electrons. The molecule has 2 fully saturated rings. The van der Waals surface area contributed by atoms with Gasteiger partial charge in [0.05, 0.1) is 6.10 Å². The van der Waals surface area contributed by atoms with Gasteiger partial charge in [-0.25, -0.2) is 0 Å². The van der Waals surface area contributed by atoms with E-state index >= 15 is 0 Å². The van der Waals surface area contributed by atoms with Gasteiger partial charge in [0.2, 0.25) is 0 Å². The molecular formula is C8H14O2. The fraction of sp³-hybridized carbons (Fsp3) is 1.00. The second kappa shape index (κ2) is 2.21. The minimum Gasteiger partial charge on any atom is -0.396 e. The van der Waals surface area contributed by atoms with Crippen molar-refractivity contribution in [3.8, 4) is 0 Å². The van der Waals surface area contributed by atoms with Crippen LogP contribution in [0.3, 0.4) is 0 Å². The second-order valence-electron chi connectivity index (χ2n) is 3.64. The highest BCUT2D eigenvalue weighted by molar-refractivity contribution is 5.01. The molecule has 2 aliphatic rings. The molecule has 0 amide bonds. The third kappa shape index (κ3) is 0.867. The number of rotatable bonds is 2. The molecule has 0 aromatic carbocycles. The topological polar surface area (TPSA) is 40.5 Å². The van der Waals surface area contributed by atoms with Crippen molar-refractivity contribution < 1.29 is 10.2 Å². The number of hydrogen-bond acceptors (Lipinski definition) is 2. The Bertz CT molecular complexity index is 133. The summed E-state index contributed by atoms with van der Waals surface area (Å²) in [5, 5.41) is 18.1. The quantitative estimate of drug-likeness (QED) is 0.585. The van der Waals surface area contributed by atoms with Crippen LogP contribution in [0.1, 0.15) is 19.3 Å². The second-order valence-corrected chi connectivity index (χ2v) is 3.64. The maximum Gasteiger partial charge on any atom is 0.0574 e. The minimum absolute atomic E-state index is 0.101. The lowest BCUT2D eigenvalue weighted by atomic mass is 9.97. The molecule has 0 heterocycles. The van der Waals surface area contributed by atoms with Crippen molar-refractivity contribution in [3.63, 3.8) is 0 Å². The summed E-state index contributed by atoms with van der Waals surface area (Å²) in [7, 11) is 0. The first-order valence-corrected chi connectivity index (χ1v) is 4.12. The molecule has 0 aromatic heterocycles. The van der Waals surface area contributed by atoms with Gasteiger partial charge in [0.15, 0.2) is 0 Å². The Hall–Kier alpha value is -0.0800. The highest BCUT2D eigenvalue weighted by atomic mass is 16.3. The van der Waals surface area contributed by atoms with E-state index in [1.807, 2.05) is 0 Å². The van der Waals surface area contributed by atoms with Gasteiger partial charge in [-0.2, -0.15) is 0 Å². The Kier molecular flexibility index (Phi) is 1.46.